The minimum Gasteiger partial charge on any atom is -0.341 e. The van der Waals surface area contributed by atoms with Crippen LogP contribution < -0.4 is 16.4 Å². The molecule has 0 bridgehead atoms. The predicted molar refractivity (Wildman–Crippen MR) is 62.8 cm³/mol. The van der Waals surface area contributed by atoms with Crippen molar-refractivity contribution in [2.75, 3.05) is 13.6 Å². The van der Waals surface area contributed by atoms with E-state index in [4.69, 9.17) is 5.73 Å². The number of hydrogen-bond donors (Lipinski definition) is 3. The zero-order valence-electron chi connectivity index (χ0n) is 9.37. The Labute approximate surface area is 94.5 Å². The molecule has 0 heterocycles. The summed E-state index contributed by atoms with van der Waals surface area (Å²) in [6.07, 6.45) is 0.863. The Morgan fingerprint density at radius 3 is 2.47 bits per heavy atom. The molecule has 0 aromatic carbocycles. The Balaban J connectivity index is 3.93. The first-order chi connectivity index (χ1) is 7.01. The Kier molecular flexibility index (Phi) is 7.15. The first-order valence-electron chi connectivity index (χ1n) is 4.89. The average Bonchev–Trinajstić information content (AvgIpc) is 2.17. The van der Waals surface area contributed by atoms with Gasteiger partial charge in [0.1, 0.15) is 0 Å². The minimum absolute atomic E-state index is 0.246. The van der Waals surface area contributed by atoms with Gasteiger partial charge in [0.05, 0.1) is 5.25 Å². The lowest BCUT2D eigenvalue weighted by Gasteiger charge is -2.15. The third-order valence-electron chi connectivity index (χ3n) is 1.84. The summed E-state index contributed by atoms with van der Waals surface area (Å²) in [5.74, 6) is -0.275. The molecule has 3 amide bonds. The third kappa shape index (κ3) is 6.35. The van der Waals surface area contributed by atoms with Gasteiger partial charge < -0.3 is 11.1 Å². The fraction of sp³-hybridized carbons (Fsp3) is 0.778. The molecule has 2 atom stereocenters. The summed E-state index contributed by atoms with van der Waals surface area (Å²) in [6.45, 7) is 4.40. The maximum atomic E-state index is 11.4. The van der Waals surface area contributed by atoms with Crippen molar-refractivity contribution < 1.29 is 9.59 Å². The summed E-state index contributed by atoms with van der Waals surface area (Å²) in [7, 11) is 1.47. The van der Waals surface area contributed by atoms with Gasteiger partial charge in [-0.2, -0.15) is 0 Å². The van der Waals surface area contributed by atoms with Gasteiger partial charge in [-0.15, -0.1) is 11.8 Å². The van der Waals surface area contributed by atoms with Crippen LogP contribution in [-0.4, -0.2) is 36.0 Å². The van der Waals surface area contributed by atoms with Gasteiger partial charge >= 0.3 is 6.03 Å². The SMILES string of the molecule is CNC(=O)NC(=O)C(C)SC(C)CCN. The highest BCUT2D eigenvalue weighted by Gasteiger charge is 2.17. The van der Waals surface area contributed by atoms with E-state index in [0.29, 0.717) is 11.8 Å². The Morgan fingerprint density at radius 1 is 1.40 bits per heavy atom. The minimum atomic E-state index is -0.473. The van der Waals surface area contributed by atoms with Gasteiger partial charge in [-0.05, 0) is 19.9 Å². The lowest BCUT2D eigenvalue weighted by molar-refractivity contribution is -0.119. The summed E-state index contributed by atoms with van der Waals surface area (Å²) in [6, 6.07) is -0.473. The summed E-state index contributed by atoms with van der Waals surface area (Å²) >= 11 is 1.51. The van der Waals surface area contributed by atoms with Gasteiger partial charge in [0.15, 0.2) is 0 Å². The first-order valence-corrected chi connectivity index (χ1v) is 5.83. The molecule has 0 aromatic rings. The maximum Gasteiger partial charge on any atom is 0.321 e. The summed E-state index contributed by atoms with van der Waals surface area (Å²) < 4.78 is 0. The average molecular weight is 233 g/mol. The number of rotatable bonds is 5. The first kappa shape index (κ1) is 14.2. The molecular weight excluding hydrogens is 214 g/mol. The maximum absolute atomic E-state index is 11.4. The Morgan fingerprint density at radius 2 is 2.00 bits per heavy atom. The normalized spacial score (nSPS) is 14.1. The fourth-order valence-electron chi connectivity index (χ4n) is 0.989. The van der Waals surface area contributed by atoms with Crippen molar-refractivity contribution in [1.29, 1.82) is 0 Å². The second-order valence-electron chi connectivity index (χ2n) is 3.23. The zero-order chi connectivity index (χ0) is 11.8. The molecule has 0 aliphatic heterocycles. The van der Waals surface area contributed by atoms with E-state index >= 15 is 0 Å². The molecule has 0 aliphatic carbocycles. The third-order valence-corrected chi connectivity index (χ3v) is 3.17. The topological polar surface area (TPSA) is 84.2 Å². The number of amides is 3. The molecule has 88 valence electrons. The number of urea groups is 1. The molecule has 0 spiro atoms. The van der Waals surface area contributed by atoms with Crippen molar-refractivity contribution in [3.05, 3.63) is 0 Å². The van der Waals surface area contributed by atoms with Crippen molar-refractivity contribution in [2.24, 2.45) is 5.73 Å². The molecule has 5 nitrogen and oxygen atoms in total. The number of carbonyl (C=O) groups excluding carboxylic acids is 2. The van der Waals surface area contributed by atoms with E-state index in [1.165, 1.54) is 18.8 Å². The quantitative estimate of drug-likeness (QED) is 0.637. The van der Waals surface area contributed by atoms with Crippen LogP contribution in [0.25, 0.3) is 0 Å². The van der Waals surface area contributed by atoms with Gasteiger partial charge in [-0.25, -0.2) is 4.79 Å². The number of carbonyl (C=O) groups is 2. The number of thioether (sulfide) groups is 1. The van der Waals surface area contributed by atoms with Crippen LogP contribution in [-0.2, 0) is 4.79 Å². The zero-order valence-corrected chi connectivity index (χ0v) is 10.2. The van der Waals surface area contributed by atoms with Crippen LogP contribution in [0.2, 0.25) is 0 Å². The van der Waals surface area contributed by atoms with Crippen molar-refractivity contribution in [2.45, 2.75) is 30.8 Å². The van der Waals surface area contributed by atoms with Crippen LogP contribution in [0.15, 0.2) is 0 Å². The van der Waals surface area contributed by atoms with Crippen LogP contribution in [0.5, 0.6) is 0 Å². The van der Waals surface area contributed by atoms with Crippen molar-refractivity contribution in [3.8, 4) is 0 Å². The molecule has 0 aromatic heterocycles. The molecule has 0 radical (unpaired) electrons. The van der Waals surface area contributed by atoms with Crippen molar-refractivity contribution >= 4 is 23.7 Å². The molecule has 6 heteroatoms. The highest BCUT2D eigenvalue weighted by molar-refractivity contribution is 8.01. The van der Waals surface area contributed by atoms with Gasteiger partial charge in [-0.3, -0.25) is 10.1 Å². The largest absolute Gasteiger partial charge is 0.341 e. The standard InChI is InChI=1S/C9H19N3O2S/c1-6(4-5-10)15-7(2)8(13)12-9(14)11-3/h6-7H,4-5,10H2,1-3H3,(H2,11,12,13,14). The molecule has 15 heavy (non-hydrogen) atoms. The Hall–Kier alpha value is -0.750. The van der Waals surface area contributed by atoms with Crippen LogP contribution in [0.1, 0.15) is 20.3 Å². The number of imide groups is 1. The smallest absolute Gasteiger partial charge is 0.321 e. The van der Waals surface area contributed by atoms with E-state index in [1.54, 1.807) is 6.92 Å². The second kappa shape index (κ2) is 7.53. The lowest BCUT2D eigenvalue weighted by atomic mass is 10.3. The Bertz CT molecular complexity index is 223. The molecule has 4 N–H and O–H groups in total. The highest BCUT2D eigenvalue weighted by atomic mass is 32.2. The summed E-state index contributed by atoms with van der Waals surface area (Å²) in [5, 5.41) is 4.64. The van der Waals surface area contributed by atoms with Crippen LogP contribution in [0.3, 0.4) is 0 Å². The van der Waals surface area contributed by atoms with E-state index in [1.807, 2.05) is 6.92 Å². The van der Waals surface area contributed by atoms with E-state index in [-0.39, 0.29) is 11.2 Å². The van der Waals surface area contributed by atoms with Crippen LogP contribution in [0.4, 0.5) is 4.79 Å². The van der Waals surface area contributed by atoms with Crippen molar-refractivity contribution in [1.82, 2.24) is 10.6 Å². The summed E-state index contributed by atoms with van der Waals surface area (Å²) in [4.78, 5) is 22.3. The van der Waals surface area contributed by atoms with E-state index < -0.39 is 6.03 Å². The molecule has 0 saturated heterocycles. The number of nitrogens with one attached hydrogen (secondary N) is 2. The molecule has 0 aliphatic rings. The molecule has 0 saturated carbocycles. The molecule has 0 fully saturated rings. The van der Waals surface area contributed by atoms with E-state index in [2.05, 4.69) is 10.6 Å². The van der Waals surface area contributed by atoms with Crippen LogP contribution in [0, 0.1) is 0 Å². The summed E-state index contributed by atoms with van der Waals surface area (Å²) in [5.41, 5.74) is 5.41. The predicted octanol–water partition coefficient (Wildman–Crippen LogP) is 0.301. The molecule has 0 rings (SSSR count). The highest BCUT2D eigenvalue weighted by Crippen LogP contribution is 2.19. The van der Waals surface area contributed by atoms with Gasteiger partial charge in [0, 0.05) is 12.3 Å². The van der Waals surface area contributed by atoms with E-state index in [9.17, 15) is 9.59 Å². The lowest BCUT2D eigenvalue weighted by Crippen LogP contribution is -2.41. The van der Waals surface area contributed by atoms with E-state index in [0.717, 1.165) is 6.42 Å². The number of hydrogen-bond acceptors (Lipinski definition) is 4. The van der Waals surface area contributed by atoms with Crippen molar-refractivity contribution in [3.63, 3.8) is 0 Å². The van der Waals surface area contributed by atoms with Crippen LogP contribution >= 0.6 is 11.8 Å². The second-order valence-corrected chi connectivity index (χ2v) is 5.02. The fourth-order valence-corrected chi connectivity index (χ4v) is 2.14. The monoisotopic (exact) mass is 233 g/mol. The molecular formula is C9H19N3O2S. The van der Waals surface area contributed by atoms with Gasteiger partial charge in [0.2, 0.25) is 5.91 Å². The van der Waals surface area contributed by atoms with Gasteiger partial charge in [0.25, 0.3) is 0 Å². The number of nitrogens with two attached hydrogens (primary N) is 1. The van der Waals surface area contributed by atoms with Gasteiger partial charge in [-0.1, -0.05) is 6.92 Å². The molecule has 2 unspecified atom stereocenters.